The molecule has 4 heteroatoms. The Bertz CT molecular complexity index is 4610. The molecule has 0 saturated heterocycles. The van der Waals surface area contributed by atoms with E-state index in [1.54, 1.807) is 0 Å². The zero-order valence-electron chi connectivity index (χ0n) is 35.0. The molecule has 0 bridgehead atoms. The van der Waals surface area contributed by atoms with E-state index in [9.17, 15) is 4.79 Å². The number of aromatic nitrogens is 3. The Kier molecular flexibility index (Phi) is 6.79. The van der Waals surface area contributed by atoms with Crippen molar-refractivity contribution in [2.45, 2.75) is 0 Å². The molecular weight excluding hydrogens is 791 g/mol. The van der Waals surface area contributed by atoms with Crippen LogP contribution in [0, 0.1) is 0 Å². The molecule has 0 atom stereocenters. The zero-order chi connectivity index (χ0) is 42.5. The average Bonchev–Trinajstić information content (AvgIpc) is 4.02. The second-order valence-corrected chi connectivity index (χ2v) is 17.5. The van der Waals surface area contributed by atoms with Crippen LogP contribution in [0.4, 0.5) is 0 Å². The van der Waals surface area contributed by atoms with Crippen molar-refractivity contribution in [3.05, 3.63) is 223 Å². The monoisotopic (exact) mass is 825 g/mol. The molecule has 0 aliphatic carbocycles. The summed E-state index contributed by atoms with van der Waals surface area (Å²) < 4.78 is 6.92. The van der Waals surface area contributed by atoms with Crippen molar-refractivity contribution < 1.29 is 0 Å². The van der Waals surface area contributed by atoms with Crippen molar-refractivity contribution in [3.63, 3.8) is 0 Å². The molecule has 11 aromatic carbocycles. The molecule has 0 spiro atoms. The molecule has 0 amide bonds. The van der Waals surface area contributed by atoms with Crippen molar-refractivity contribution in [1.29, 1.82) is 0 Å². The third-order valence-corrected chi connectivity index (χ3v) is 14.3. The minimum absolute atomic E-state index is 0.0163. The van der Waals surface area contributed by atoms with Crippen molar-refractivity contribution in [2.75, 3.05) is 0 Å². The van der Waals surface area contributed by atoms with E-state index in [0.717, 1.165) is 66.0 Å². The van der Waals surface area contributed by atoms with Gasteiger partial charge in [0.15, 0.2) is 0 Å². The third-order valence-electron chi connectivity index (χ3n) is 14.3. The van der Waals surface area contributed by atoms with Crippen LogP contribution in [0.2, 0.25) is 0 Å². The first-order valence-electron chi connectivity index (χ1n) is 22.3. The maximum atomic E-state index is 14.4. The lowest BCUT2D eigenvalue weighted by Crippen LogP contribution is -2.12. The van der Waals surface area contributed by atoms with E-state index in [-0.39, 0.29) is 5.56 Å². The van der Waals surface area contributed by atoms with Gasteiger partial charge in [0.1, 0.15) is 0 Å². The summed E-state index contributed by atoms with van der Waals surface area (Å²) in [5.74, 6) is 0. The summed E-state index contributed by atoms with van der Waals surface area (Å²) in [5.41, 5.74) is 11.0. The Hall–Kier alpha value is -8.73. The lowest BCUT2D eigenvalue weighted by atomic mass is 9.88. The van der Waals surface area contributed by atoms with Gasteiger partial charge in [-0.05, 0) is 103 Å². The van der Waals surface area contributed by atoms with E-state index in [0.29, 0.717) is 0 Å². The fourth-order valence-corrected chi connectivity index (χ4v) is 11.7. The van der Waals surface area contributed by atoms with Gasteiger partial charge in [-0.2, -0.15) is 0 Å². The number of hydrogen-bond donors (Lipinski definition) is 0. The molecule has 0 fully saturated rings. The van der Waals surface area contributed by atoms with Crippen LogP contribution in [0.5, 0.6) is 0 Å². The van der Waals surface area contributed by atoms with Crippen LogP contribution in [0.1, 0.15) is 0 Å². The van der Waals surface area contributed by atoms with Crippen LogP contribution in [0.3, 0.4) is 0 Å². The Morgan fingerprint density at radius 3 is 1.42 bits per heavy atom. The summed E-state index contributed by atoms with van der Waals surface area (Å²) in [7, 11) is 0. The van der Waals surface area contributed by atoms with Gasteiger partial charge >= 0.3 is 0 Å². The molecule has 0 aliphatic heterocycles. The molecule has 15 rings (SSSR count). The van der Waals surface area contributed by atoms with Gasteiger partial charge in [-0.3, -0.25) is 9.20 Å². The topological polar surface area (TPSA) is 31.3 Å². The van der Waals surface area contributed by atoms with Gasteiger partial charge in [0.25, 0.3) is 5.56 Å². The molecule has 65 heavy (non-hydrogen) atoms. The van der Waals surface area contributed by atoms with Crippen molar-refractivity contribution in [2.24, 2.45) is 0 Å². The highest BCUT2D eigenvalue weighted by Gasteiger charge is 2.24. The molecule has 0 radical (unpaired) electrons. The van der Waals surface area contributed by atoms with E-state index in [2.05, 4.69) is 203 Å². The first-order chi connectivity index (χ1) is 32.2. The van der Waals surface area contributed by atoms with Gasteiger partial charge in [-0.1, -0.05) is 158 Å². The molecule has 4 aromatic heterocycles. The van der Waals surface area contributed by atoms with E-state index >= 15 is 0 Å². The number of fused-ring (bicyclic) bond motifs is 18. The molecule has 0 unspecified atom stereocenters. The number of hydrogen-bond acceptors (Lipinski definition) is 1. The maximum absolute atomic E-state index is 14.4. The maximum Gasteiger partial charge on any atom is 0.263 e. The summed E-state index contributed by atoms with van der Waals surface area (Å²) in [4.78, 5) is 14.4. The number of benzene rings is 11. The van der Waals surface area contributed by atoms with Gasteiger partial charge < -0.3 is 9.13 Å². The molecule has 4 heterocycles. The SMILES string of the molecule is O=c1c2ccccc2c2cccc3c4cc(-c5cc(-n6c7ccccc7c7ccc8c9ccccc9n(-c9ccccc9)c8c76)cc6c7ccccc7c7ccccc7c56)ccc4n1c23. The van der Waals surface area contributed by atoms with Crippen LogP contribution in [0.25, 0.3) is 136 Å². The Morgan fingerprint density at radius 1 is 0.277 bits per heavy atom. The molecule has 0 N–H and O–H groups in total. The summed E-state index contributed by atoms with van der Waals surface area (Å²) >= 11 is 0. The third kappa shape index (κ3) is 4.52. The minimum atomic E-state index is 0.0163. The Balaban J connectivity index is 1.13. The first-order valence-corrected chi connectivity index (χ1v) is 22.3. The summed E-state index contributed by atoms with van der Waals surface area (Å²) in [5, 5.41) is 17.1. The van der Waals surface area contributed by atoms with Crippen molar-refractivity contribution in [1.82, 2.24) is 13.5 Å². The molecule has 0 saturated carbocycles. The number of nitrogens with zero attached hydrogens (tertiary/aromatic N) is 3. The smallest absolute Gasteiger partial charge is 0.263 e. The zero-order valence-corrected chi connectivity index (χ0v) is 35.0. The molecule has 15 aromatic rings. The highest BCUT2D eigenvalue weighted by Crippen LogP contribution is 2.47. The van der Waals surface area contributed by atoms with Gasteiger partial charge in [-0.15, -0.1) is 0 Å². The van der Waals surface area contributed by atoms with E-state index in [1.165, 1.54) is 70.4 Å². The summed E-state index contributed by atoms with van der Waals surface area (Å²) in [6.45, 7) is 0. The molecule has 300 valence electrons. The van der Waals surface area contributed by atoms with Gasteiger partial charge in [0.2, 0.25) is 0 Å². The standard InChI is InChI=1S/C61H35N3O/c65-61-50-24-9-7-20-42(50)46-25-14-26-47-52-33-36(29-32-56(52)64(61)58(46)47)51-34-38(35-53-41-19-5-4-17-39(41)40-18-6-8-23-45(40)57(51)53)63-55-28-13-11-22-44(55)49-31-30-48-43-21-10-12-27-54(43)62(59(48)60(49)63)37-15-2-1-3-16-37/h1-35H. The lowest BCUT2D eigenvalue weighted by Gasteiger charge is -2.19. The minimum Gasteiger partial charge on any atom is -0.307 e. The number of rotatable bonds is 3. The average molecular weight is 826 g/mol. The molecule has 0 aliphatic rings. The second kappa shape index (κ2) is 12.7. The van der Waals surface area contributed by atoms with Gasteiger partial charge in [0.05, 0.1) is 33.1 Å². The second-order valence-electron chi connectivity index (χ2n) is 17.5. The fourth-order valence-electron chi connectivity index (χ4n) is 11.7. The van der Waals surface area contributed by atoms with E-state index in [4.69, 9.17) is 0 Å². The molecular formula is C61H35N3O. The Morgan fingerprint density at radius 2 is 0.754 bits per heavy atom. The summed E-state index contributed by atoms with van der Waals surface area (Å²) in [6.07, 6.45) is 0. The van der Waals surface area contributed by atoms with Crippen LogP contribution in [-0.4, -0.2) is 13.5 Å². The van der Waals surface area contributed by atoms with E-state index < -0.39 is 0 Å². The van der Waals surface area contributed by atoms with Crippen LogP contribution in [-0.2, 0) is 0 Å². The van der Waals surface area contributed by atoms with E-state index in [1.807, 2.05) is 22.6 Å². The number of para-hydroxylation sites is 4. The predicted molar refractivity (Wildman–Crippen MR) is 274 cm³/mol. The summed E-state index contributed by atoms with van der Waals surface area (Å²) in [6, 6.07) is 76.9. The van der Waals surface area contributed by atoms with Crippen LogP contribution < -0.4 is 5.56 Å². The lowest BCUT2D eigenvalue weighted by molar-refractivity contribution is 1.15. The van der Waals surface area contributed by atoms with Gasteiger partial charge in [0, 0.05) is 54.5 Å². The first kappa shape index (κ1) is 34.8. The van der Waals surface area contributed by atoms with Gasteiger partial charge in [-0.25, -0.2) is 0 Å². The largest absolute Gasteiger partial charge is 0.307 e. The van der Waals surface area contributed by atoms with Crippen molar-refractivity contribution >= 4 is 114 Å². The van der Waals surface area contributed by atoms with Crippen LogP contribution >= 0.6 is 0 Å². The Labute approximate surface area is 371 Å². The van der Waals surface area contributed by atoms with Crippen LogP contribution in [0.15, 0.2) is 217 Å². The highest BCUT2D eigenvalue weighted by molar-refractivity contribution is 6.30. The highest BCUT2D eigenvalue weighted by atomic mass is 16.1. The van der Waals surface area contributed by atoms with Crippen molar-refractivity contribution in [3.8, 4) is 22.5 Å². The fraction of sp³-hybridized carbons (Fsp3) is 0. The number of pyridine rings is 1. The normalized spacial score (nSPS) is 12.4. The predicted octanol–water partition coefficient (Wildman–Crippen LogP) is 15.5. The quantitative estimate of drug-likeness (QED) is 0.163. The molecule has 4 nitrogen and oxygen atoms in total.